The second kappa shape index (κ2) is 9.81. The van der Waals surface area contributed by atoms with Crippen LogP contribution in [-0.2, 0) is 6.42 Å². The van der Waals surface area contributed by atoms with Crippen LogP contribution in [-0.4, -0.2) is 44.1 Å². The molecular formula is C21H36N4. The number of nitrogens with zero attached hydrogens (tertiary/aromatic N) is 2. The van der Waals surface area contributed by atoms with E-state index in [4.69, 9.17) is 4.99 Å². The van der Waals surface area contributed by atoms with E-state index >= 15 is 0 Å². The van der Waals surface area contributed by atoms with Crippen LogP contribution in [0.1, 0.15) is 51.3 Å². The molecule has 0 spiro atoms. The molecule has 0 amide bonds. The van der Waals surface area contributed by atoms with Crippen LogP contribution in [0.25, 0.3) is 0 Å². The van der Waals surface area contributed by atoms with Gasteiger partial charge in [-0.05, 0) is 63.2 Å². The minimum absolute atomic E-state index is 0.247. The number of aliphatic imine (C=N–C) groups is 1. The largest absolute Gasteiger partial charge is 0.357 e. The smallest absolute Gasteiger partial charge is 0.191 e. The van der Waals surface area contributed by atoms with Crippen molar-refractivity contribution >= 4 is 5.96 Å². The van der Waals surface area contributed by atoms with Gasteiger partial charge in [0.05, 0.1) is 6.04 Å². The van der Waals surface area contributed by atoms with Crippen LogP contribution in [0.2, 0.25) is 0 Å². The van der Waals surface area contributed by atoms with Gasteiger partial charge in [0.2, 0.25) is 0 Å². The zero-order chi connectivity index (χ0) is 18.2. The van der Waals surface area contributed by atoms with Crippen molar-refractivity contribution in [3.05, 3.63) is 35.4 Å². The quantitative estimate of drug-likeness (QED) is 0.588. The Kier molecular flexibility index (Phi) is 7.76. The van der Waals surface area contributed by atoms with E-state index in [1.807, 2.05) is 0 Å². The third-order valence-corrected chi connectivity index (χ3v) is 4.82. The van der Waals surface area contributed by atoms with Crippen LogP contribution in [0.4, 0.5) is 0 Å². The lowest BCUT2D eigenvalue weighted by atomic mass is 10.00. The summed E-state index contributed by atoms with van der Waals surface area (Å²) in [5, 5.41) is 6.94. The standard InChI is InChI=1S/C21H36N4/c1-6-22-21(23-14-19-11-12-25(5)15-19)24-17(4)20-9-7-18(8-10-20)13-16(2)3/h7-10,16-17,19H,6,11-15H2,1-5H3,(H2,22,23,24). The van der Waals surface area contributed by atoms with Gasteiger partial charge in [0, 0.05) is 19.6 Å². The number of nitrogens with one attached hydrogen (secondary N) is 2. The zero-order valence-corrected chi connectivity index (χ0v) is 16.7. The highest BCUT2D eigenvalue weighted by Gasteiger charge is 2.19. The van der Waals surface area contributed by atoms with Gasteiger partial charge in [-0.1, -0.05) is 38.1 Å². The van der Waals surface area contributed by atoms with Crippen LogP contribution in [0.15, 0.2) is 29.3 Å². The molecule has 0 radical (unpaired) electrons. The minimum Gasteiger partial charge on any atom is -0.357 e. The zero-order valence-electron chi connectivity index (χ0n) is 16.7. The molecular weight excluding hydrogens is 308 g/mol. The van der Waals surface area contributed by atoms with Gasteiger partial charge in [-0.25, -0.2) is 0 Å². The predicted octanol–water partition coefficient (Wildman–Crippen LogP) is 3.45. The fraction of sp³-hybridized carbons (Fsp3) is 0.667. The monoisotopic (exact) mass is 344 g/mol. The first-order valence-corrected chi connectivity index (χ1v) is 9.80. The van der Waals surface area contributed by atoms with Gasteiger partial charge in [0.15, 0.2) is 5.96 Å². The normalized spacial score (nSPS) is 20.1. The Morgan fingerprint density at radius 1 is 1.24 bits per heavy atom. The van der Waals surface area contributed by atoms with Crippen molar-refractivity contribution in [3.8, 4) is 0 Å². The third kappa shape index (κ3) is 6.69. The maximum atomic E-state index is 4.82. The highest BCUT2D eigenvalue weighted by Crippen LogP contribution is 2.16. The highest BCUT2D eigenvalue weighted by atomic mass is 15.2. The maximum absolute atomic E-state index is 4.82. The van der Waals surface area contributed by atoms with Gasteiger partial charge in [0.25, 0.3) is 0 Å². The van der Waals surface area contributed by atoms with E-state index in [0.29, 0.717) is 11.8 Å². The molecule has 25 heavy (non-hydrogen) atoms. The van der Waals surface area contributed by atoms with E-state index in [0.717, 1.165) is 32.0 Å². The molecule has 4 heteroatoms. The molecule has 1 aliphatic rings. The van der Waals surface area contributed by atoms with Crippen LogP contribution < -0.4 is 10.6 Å². The summed E-state index contributed by atoms with van der Waals surface area (Å²) >= 11 is 0. The molecule has 4 nitrogen and oxygen atoms in total. The summed E-state index contributed by atoms with van der Waals surface area (Å²) < 4.78 is 0. The molecule has 1 heterocycles. The number of benzene rings is 1. The molecule has 140 valence electrons. The van der Waals surface area contributed by atoms with Crippen molar-refractivity contribution < 1.29 is 0 Å². The number of hydrogen-bond donors (Lipinski definition) is 2. The lowest BCUT2D eigenvalue weighted by molar-refractivity contribution is 0.397. The fourth-order valence-electron chi connectivity index (χ4n) is 3.42. The summed E-state index contributed by atoms with van der Waals surface area (Å²) in [6, 6.07) is 9.24. The Morgan fingerprint density at radius 2 is 1.96 bits per heavy atom. The predicted molar refractivity (Wildman–Crippen MR) is 108 cm³/mol. The van der Waals surface area contributed by atoms with E-state index in [9.17, 15) is 0 Å². The van der Waals surface area contributed by atoms with Gasteiger partial charge in [-0.15, -0.1) is 0 Å². The molecule has 1 aromatic carbocycles. The maximum Gasteiger partial charge on any atom is 0.191 e. The number of guanidine groups is 1. The SMILES string of the molecule is CCNC(=NCC1CCN(C)C1)NC(C)c1ccc(CC(C)C)cc1. The molecule has 0 saturated carbocycles. The van der Waals surface area contributed by atoms with Crippen molar-refractivity contribution in [2.45, 2.75) is 46.6 Å². The Labute approximate surface area is 154 Å². The molecule has 2 N–H and O–H groups in total. The van der Waals surface area contributed by atoms with E-state index in [1.54, 1.807) is 0 Å². The first-order valence-electron chi connectivity index (χ1n) is 9.80. The number of likely N-dealkylation sites (tertiary alicyclic amines) is 1. The van der Waals surface area contributed by atoms with Crippen LogP contribution >= 0.6 is 0 Å². The average molecular weight is 345 g/mol. The third-order valence-electron chi connectivity index (χ3n) is 4.82. The Balaban J connectivity index is 1.93. The lowest BCUT2D eigenvalue weighted by Gasteiger charge is -2.19. The average Bonchev–Trinajstić information content (AvgIpc) is 2.98. The number of hydrogen-bond acceptors (Lipinski definition) is 2. The van der Waals surface area contributed by atoms with Crippen molar-refractivity contribution in [1.29, 1.82) is 0 Å². The molecule has 1 saturated heterocycles. The van der Waals surface area contributed by atoms with Crippen LogP contribution in [0.3, 0.4) is 0 Å². The fourth-order valence-corrected chi connectivity index (χ4v) is 3.42. The summed E-state index contributed by atoms with van der Waals surface area (Å²) in [5.41, 5.74) is 2.72. The molecule has 2 atom stereocenters. The van der Waals surface area contributed by atoms with Gasteiger partial charge < -0.3 is 15.5 Å². The Morgan fingerprint density at radius 3 is 2.52 bits per heavy atom. The molecule has 0 aliphatic carbocycles. The lowest BCUT2D eigenvalue weighted by Crippen LogP contribution is -2.39. The summed E-state index contributed by atoms with van der Waals surface area (Å²) in [4.78, 5) is 7.21. The molecule has 2 rings (SSSR count). The first-order chi connectivity index (χ1) is 12.0. The van der Waals surface area contributed by atoms with Crippen molar-refractivity contribution in [2.75, 3.05) is 33.2 Å². The van der Waals surface area contributed by atoms with E-state index in [2.05, 4.69) is 74.5 Å². The van der Waals surface area contributed by atoms with Gasteiger partial charge in [0.1, 0.15) is 0 Å². The Hall–Kier alpha value is -1.55. The van der Waals surface area contributed by atoms with Crippen LogP contribution in [0.5, 0.6) is 0 Å². The topological polar surface area (TPSA) is 39.7 Å². The first kappa shape index (κ1) is 19.8. The van der Waals surface area contributed by atoms with Crippen LogP contribution in [0, 0.1) is 11.8 Å². The van der Waals surface area contributed by atoms with Crippen molar-refractivity contribution in [2.24, 2.45) is 16.8 Å². The van der Waals surface area contributed by atoms with E-state index < -0.39 is 0 Å². The van der Waals surface area contributed by atoms with Crippen molar-refractivity contribution in [3.63, 3.8) is 0 Å². The van der Waals surface area contributed by atoms with Gasteiger partial charge >= 0.3 is 0 Å². The number of rotatable bonds is 7. The summed E-state index contributed by atoms with van der Waals surface area (Å²) in [6.07, 6.45) is 2.40. The molecule has 0 bridgehead atoms. The second-order valence-corrected chi connectivity index (χ2v) is 7.84. The molecule has 2 unspecified atom stereocenters. The van der Waals surface area contributed by atoms with Crippen molar-refractivity contribution in [1.82, 2.24) is 15.5 Å². The second-order valence-electron chi connectivity index (χ2n) is 7.84. The minimum atomic E-state index is 0.247. The summed E-state index contributed by atoms with van der Waals surface area (Å²) in [7, 11) is 2.19. The van der Waals surface area contributed by atoms with E-state index in [1.165, 1.54) is 24.1 Å². The molecule has 1 aliphatic heterocycles. The molecule has 1 aromatic rings. The summed E-state index contributed by atoms with van der Waals surface area (Å²) in [6.45, 7) is 13.0. The Bertz CT molecular complexity index is 535. The molecule has 1 fully saturated rings. The van der Waals surface area contributed by atoms with Gasteiger partial charge in [-0.3, -0.25) is 4.99 Å². The summed E-state index contributed by atoms with van der Waals surface area (Å²) in [5.74, 6) is 2.31. The molecule has 0 aromatic heterocycles. The van der Waals surface area contributed by atoms with Gasteiger partial charge in [-0.2, -0.15) is 0 Å². The van der Waals surface area contributed by atoms with E-state index in [-0.39, 0.29) is 6.04 Å². The highest BCUT2D eigenvalue weighted by molar-refractivity contribution is 5.80.